The summed E-state index contributed by atoms with van der Waals surface area (Å²) in [6.45, 7) is 0. The van der Waals surface area contributed by atoms with E-state index in [-0.39, 0.29) is 24.1 Å². The van der Waals surface area contributed by atoms with Gasteiger partial charge in [0.1, 0.15) is 6.10 Å². The van der Waals surface area contributed by atoms with Crippen LogP contribution in [0, 0.1) is 0 Å². The number of ether oxygens (including phenoxy) is 1. The Bertz CT molecular complexity index is 812. The molecule has 0 saturated carbocycles. The number of fused-ring (bicyclic) bond motifs is 4. The highest BCUT2D eigenvalue weighted by atomic mass is 32.2. The van der Waals surface area contributed by atoms with Crippen LogP contribution >= 0.6 is 11.8 Å². The molecule has 27 heavy (non-hydrogen) atoms. The van der Waals surface area contributed by atoms with Crippen molar-refractivity contribution in [3.05, 3.63) is 35.2 Å². The number of hydrogen-bond donors (Lipinski definition) is 1. The van der Waals surface area contributed by atoms with E-state index in [0.717, 1.165) is 12.8 Å². The molecule has 4 heterocycles. The van der Waals surface area contributed by atoms with Crippen molar-refractivity contribution in [2.45, 2.75) is 49.9 Å². The Hall–Kier alpha value is -1.99. The second kappa shape index (κ2) is 6.56. The van der Waals surface area contributed by atoms with E-state index in [0.29, 0.717) is 34.8 Å². The lowest BCUT2D eigenvalue weighted by Crippen LogP contribution is -2.47. The Morgan fingerprint density at radius 1 is 1.22 bits per heavy atom. The molecule has 142 valence electrons. The molecule has 3 atom stereocenters. The van der Waals surface area contributed by atoms with Gasteiger partial charge in [0.2, 0.25) is 0 Å². The summed E-state index contributed by atoms with van der Waals surface area (Å²) >= 11 is 1.57. The van der Waals surface area contributed by atoms with Crippen molar-refractivity contribution in [1.29, 1.82) is 0 Å². The number of piperidine rings is 1. The van der Waals surface area contributed by atoms with E-state index in [2.05, 4.69) is 17.3 Å². The fraction of sp³-hybridized carbons (Fsp3) is 0.500. The smallest absolute Gasteiger partial charge is 0.415 e. The first-order valence-corrected chi connectivity index (χ1v) is 10.6. The van der Waals surface area contributed by atoms with Crippen molar-refractivity contribution in [3.63, 3.8) is 0 Å². The summed E-state index contributed by atoms with van der Waals surface area (Å²) in [4.78, 5) is 29.9. The van der Waals surface area contributed by atoms with Gasteiger partial charge in [0.15, 0.2) is 0 Å². The molecule has 0 spiro atoms. The van der Waals surface area contributed by atoms with E-state index in [1.54, 1.807) is 16.7 Å². The summed E-state index contributed by atoms with van der Waals surface area (Å²) in [5, 5.41) is 4.80. The first-order chi connectivity index (χ1) is 13.1. The van der Waals surface area contributed by atoms with Crippen molar-refractivity contribution in [2.75, 3.05) is 23.0 Å². The van der Waals surface area contributed by atoms with Crippen molar-refractivity contribution in [3.8, 4) is 0 Å². The van der Waals surface area contributed by atoms with Crippen LogP contribution in [0.25, 0.3) is 0 Å². The molecule has 4 aliphatic heterocycles. The molecule has 1 N–H and O–H groups in total. The lowest BCUT2D eigenvalue weighted by Gasteiger charge is -2.37. The zero-order valence-corrected chi connectivity index (χ0v) is 16.1. The number of nitrogens with zero attached hydrogens (tertiary/aromatic N) is 2. The van der Waals surface area contributed by atoms with Gasteiger partial charge in [0.05, 0.1) is 17.4 Å². The average molecular weight is 385 g/mol. The second-order valence-electron chi connectivity index (χ2n) is 7.79. The molecule has 2 bridgehead atoms. The molecule has 7 heteroatoms. The number of nitrogens with one attached hydrogen (secondary N) is 1. The van der Waals surface area contributed by atoms with E-state index in [4.69, 9.17) is 4.74 Å². The molecule has 1 aromatic carbocycles. The Morgan fingerprint density at radius 3 is 2.74 bits per heavy atom. The van der Waals surface area contributed by atoms with Crippen molar-refractivity contribution >= 4 is 35.1 Å². The predicted molar refractivity (Wildman–Crippen MR) is 106 cm³/mol. The highest BCUT2D eigenvalue weighted by Gasteiger charge is 2.43. The average Bonchev–Trinajstić information content (AvgIpc) is 3.15. The molecule has 0 aliphatic carbocycles. The van der Waals surface area contributed by atoms with Gasteiger partial charge in [-0.1, -0.05) is 12.1 Å². The topological polar surface area (TPSA) is 61.9 Å². The fourth-order valence-electron chi connectivity index (χ4n) is 4.85. The largest absolute Gasteiger partial charge is 0.446 e. The van der Waals surface area contributed by atoms with Gasteiger partial charge in [-0.25, -0.2) is 4.79 Å². The third-order valence-electron chi connectivity index (χ3n) is 6.33. The molecule has 5 rings (SSSR count). The van der Waals surface area contributed by atoms with Gasteiger partial charge in [0, 0.05) is 36.3 Å². The van der Waals surface area contributed by atoms with Crippen LogP contribution in [0.3, 0.4) is 0 Å². The maximum absolute atomic E-state index is 13.3. The quantitative estimate of drug-likeness (QED) is 0.804. The van der Waals surface area contributed by atoms with Gasteiger partial charge in [-0.3, -0.25) is 9.69 Å². The third kappa shape index (κ3) is 2.84. The van der Waals surface area contributed by atoms with Crippen LogP contribution < -0.4 is 10.2 Å². The predicted octanol–water partition coefficient (Wildman–Crippen LogP) is 3.21. The number of anilines is 2. The van der Waals surface area contributed by atoms with E-state index in [9.17, 15) is 9.59 Å². The van der Waals surface area contributed by atoms with Crippen molar-refractivity contribution in [2.24, 2.45) is 0 Å². The summed E-state index contributed by atoms with van der Waals surface area (Å²) in [7, 11) is 2.18. The van der Waals surface area contributed by atoms with Crippen molar-refractivity contribution < 1.29 is 14.3 Å². The Kier molecular flexibility index (Phi) is 4.16. The number of benzene rings is 1. The number of carbonyl (C=O) groups excluding carboxylic acids is 2. The van der Waals surface area contributed by atoms with Gasteiger partial charge in [-0.15, -0.1) is 11.8 Å². The molecule has 0 radical (unpaired) electrons. The van der Waals surface area contributed by atoms with E-state index in [1.165, 1.54) is 12.8 Å². The Labute approximate surface area is 162 Å². The number of amides is 2. The summed E-state index contributed by atoms with van der Waals surface area (Å²) in [5.74, 6) is 0.537. The minimum atomic E-state index is -0.341. The van der Waals surface area contributed by atoms with Crippen LogP contribution in [0.15, 0.2) is 35.2 Å². The van der Waals surface area contributed by atoms with Crippen LogP contribution in [0.1, 0.15) is 25.7 Å². The Balaban J connectivity index is 1.43. The van der Waals surface area contributed by atoms with E-state index < -0.39 is 0 Å². The summed E-state index contributed by atoms with van der Waals surface area (Å²) in [5.41, 5.74) is 2.00. The standard InChI is InChI=1S/C20H23N3O3S/c1-22-12-6-7-13(22)9-14(8-12)26-20(25)23-17-5-3-2-4-16(17)21-19(24)15-10-27-11-18(15)23/h2-5,10,12-14,18H,6-9,11H2,1H3,(H,21,24). The van der Waals surface area contributed by atoms with Crippen molar-refractivity contribution in [1.82, 2.24) is 4.90 Å². The summed E-state index contributed by atoms with van der Waals surface area (Å²) in [6, 6.07) is 8.20. The maximum atomic E-state index is 13.3. The maximum Gasteiger partial charge on any atom is 0.415 e. The van der Waals surface area contributed by atoms with Gasteiger partial charge < -0.3 is 15.0 Å². The van der Waals surface area contributed by atoms with Crippen LogP contribution in [-0.4, -0.2) is 53.9 Å². The molecule has 0 aromatic heterocycles. The fourth-order valence-corrected chi connectivity index (χ4v) is 5.90. The molecular formula is C20H23N3O3S. The molecule has 6 nitrogen and oxygen atoms in total. The number of rotatable bonds is 1. The number of hydrogen-bond acceptors (Lipinski definition) is 5. The lowest BCUT2D eigenvalue weighted by molar-refractivity contribution is -0.112. The zero-order chi connectivity index (χ0) is 18.5. The normalized spacial score (nSPS) is 32.3. The number of para-hydroxylation sites is 2. The van der Waals surface area contributed by atoms with E-state index in [1.807, 2.05) is 29.7 Å². The molecule has 1 aromatic rings. The van der Waals surface area contributed by atoms with Crippen LogP contribution in [0.2, 0.25) is 0 Å². The SMILES string of the molecule is CN1C2CCC1CC(OC(=O)N1c3ccccc3NC(=O)C3=CSCC31)C2. The van der Waals surface area contributed by atoms with Crippen LogP contribution in [0.5, 0.6) is 0 Å². The summed E-state index contributed by atoms with van der Waals surface area (Å²) < 4.78 is 6.00. The highest BCUT2D eigenvalue weighted by Crippen LogP contribution is 2.40. The molecule has 2 amide bonds. The second-order valence-corrected chi connectivity index (χ2v) is 8.69. The number of thioether (sulfide) groups is 1. The van der Waals surface area contributed by atoms with E-state index >= 15 is 0 Å². The van der Waals surface area contributed by atoms with Gasteiger partial charge in [-0.05, 0) is 37.4 Å². The first-order valence-electron chi connectivity index (χ1n) is 9.55. The monoisotopic (exact) mass is 385 g/mol. The third-order valence-corrected chi connectivity index (χ3v) is 7.26. The highest BCUT2D eigenvalue weighted by molar-refractivity contribution is 8.02. The van der Waals surface area contributed by atoms with Gasteiger partial charge >= 0.3 is 6.09 Å². The summed E-state index contributed by atoms with van der Waals surface area (Å²) in [6.07, 6.45) is 3.78. The minimum absolute atomic E-state index is 0.0493. The van der Waals surface area contributed by atoms with Gasteiger partial charge in [-0.2, -0.15) is 0 Å². The molecule has 2 fully saturated rings. The molecule has 3 unspecified atom stereocenters. The lowest BCUT2D eigenvalue weighted by atomic mass is 10.0. The molecular weight excluding hydrogens is 362 g/mol. The number of carbonyl (C=O) groups is 2. The Morgan fingerprint density at radius 2 is 1.96 bits per heavy atom. The first kappa shape index (κ1) is 17.1. The molecule has 2 saturated heterocycles. The zero-order valence-electron chi connectivity index (χ0n) is 15.3. The van der Waals surface area contributed by atoms with Crippen LogP contribution in [-0.2, 0) is 9.53 Å². The van der Waals surface area contributed by atoms with Crippen LogP contribution in [0.4, 0.5) is 16.2 Å². The molecule has 4 aliphatic rings. The minimum Gasteiger partial charge on any atom is -0.446 e. The van der Waals surface area contributed by atoms with Gasteiger partial charge in [0.25, 0.3) is 5.91 Å².